The molecule has 2 rings (SSSR count). The summed E-state index contributed by atoms with van der Waals surface area (Å²) in [6, 6.07) is 16.5. The van der Waals surface area contributed by atoms with Crippen molar-refractivity contribution < 1.29 is 0 Å². The molecule has 0 aliphatic heterocycles. The molecule has 2 heteroatoms. The van der Waals surface area contributed by atoms with Crippen molar-refractivity contribution in [2.24, 2.45) is 11.5 Å². The van der Waals surface area contributed by atoms with Crippen LogP contribution in [0.5, 0.6) is 0 Å². The molecule has 2 aromatic rings. The van der Waals surface area contributed by atoms with Crippen LogP contribution in [0.3, 0.4) is 0 Å². The third kappa shape index (κ3) is 3.27. The first-order valence-electron chi connectivity index (χ1n) is 7.34. The Balaban J connectivity index is 2.15. The number of hydrogen-bond donors (Lipinski definition) is 2. The first-order valence-corrected chi connectivity index (χ1v) is 7.34. The predicted octanol–water partition coefficient (Wildman–Crippen LogP) is 3.51. The standard InChI is InChI=1S/C18H24N2/c1-3-13-5-9-15(10-6-13)17(19)18(20)16-11-7-14(4-2)8-12-16/h5-12,17-18H,3-4,19-20H2,1-2H3. The fraction of sp³-hybridized carbons (Fsp3) is 0.333. The molecule has 0 saturated heterocycles. The van der Waals surface area contributed by atoms with E-state index in [0.29, 0.717) is 0 Å². The monoisotopic (exact) mass is 268 g/mol. The van der Waals surface area contributed by atoms with E-state index in [-0.39, 0.29) is 12.1 Å². The Morgan fingerprint density at radius 3 is 1.20 bits per heavy atom. The summed E-state index contributed by atoms with van der Waals surface area (Å²) in [5.74, 6) is 0. The molecule has 0 radical (unpaired) electrons. The van der Waals surface area contributed by atoms with Crippen molar-refractivity contribution in [2.45, 2.75) is 38.8 Å². The van der Waals surface area contributed by atoms with E-state index in [1.165, 1.54) is 11.1 Å². The highest BCUT2D eigenvalue weighted by Gasteiger charge is 2.17. The predicted molar refractivity (Wildman–Crippen MR) is 85.5 cm³/mol. The Morgan fingerprint density at radius 1 is 0.650 bits per heavy atom. The summed E-state index contributed by atoms with van der Waals surface area (Å²) in [5, 5.41) is 0. The second-order valence-electron chi connectivity index (χ2n) is 5.24. The van der Waals surface area contributed by atoms with Crippen molar-refractivity contribution in [3.63, 3.8) is 0 Å². The zero-order valence-corrected chi connectivity index (χ0v) is 12.3. The zero-order valence-electron chi connectivity index (χ0n) is 12.3. The lowest BCUT2D eigenvalue weighted by atomic mass is 9.93. The van der Waals surface area contributed by atoms with Crippen LogP contribution in [0.1, 0.15) is 48.2 Å². The Hall–Kier alpha value is -1.64. The number of nitrogens with two attached hydrogens (primary N) is 2. The molecule has 0 fully saturated rings. The van der Waals surface area contributed by atoms with Crippen molar-refractivity contribution in [2.75, 3.05) is 0 Å². The topological polar surface area (TPSA) is 52.0 Å². The number of rotatable bonds is 5. The van der Waals surface area contributed by atoms with Gasteiger partial charge in [0.1, 0.15) is 0 Å². The summed E-state index contributed by atoms with van der Waals surface area (Å²) in [6.07, 6.45) is 2.08. The molecule has 0 amide bonds. The van der Waals surface area contributed by atoms with Crippen molar-refractivity contribution in [3.05, 3.63) is 70.8 Å². The molecule has 20 heavy (non-hydrogen) atoms. The van der Waals surface area contributed by atoms with Gasteiger partial charge in [-0.05, 0) is 35.1 Å². The third-order valence-corrected chi connectivity index (χ3v) is 3.93. The van der Waals surface area contributed by atoms with Gasteiger partial charge >= 0.3 is 0 Å². The molecule has 0 aliphatic rings. The van der Waals surface area contributed by atoms with E-state index in [4.69, 9.17) is 11.5 Å². The van der Waals surface area contributed by atoms with E-state index in [9.17, 15) is 0 Å². The number of hydrogen-bond acceptors (Lipinski definition) is 2. The molecule has 0 heterocycles. The zero-order chi connectivity index (χ0) is 14.5. The van der Waals surface area contributed by atoms with Gasteiger partial charge in [0.05, 0.1) is 0 Å². The summed E-state index contributed by atoms with van der Waals surface area (Å²) >= 11 is 0. The van der Waals surface area contributed by atoms with Crippen LogP contribution < -0.4 is 11.5 Å². The summed E-state index contributed by atoms with van der Waals surface area (Å²) < 4.78 is 0. The van der Waals surface area contributed by atoms with E-state index < -0.39 is 0 Å². The molecule has 2 unspecified atom stereocenters. The Kier molecular flexibility index (Phi) is 4.94. The largest absolute Gasteiger partial charge is 0.322 e. The van der Waals surface area contributed by atoms with Gasteiger partial charge in [0.15, 0.2) is 0 Å². The van der Waals surface area contributed by atoms with Gasteiger partial charge in [-0.15, -0.1) is 0 Å². The highest BCUT2D eigenvalue weighted by Crippen LogP contribution is 2.25. The van der Waals surface area contributed by atoms with Crippen LogP contribution in [0.15, 0.2) is 48.5 Å². The minimum absolute atomic E-state index is 0.173. The maximum Gasteiger partial charge on any atom is 0.0491 e. The lowest BCUT2D eigenvalue weighted by Crippen LogP contribution is -2.26. The molecule has 2 aromatic carbocycles. The van der Waals surface area contributed by atoms with Gasteiger partial charge in [-0.1, -0.05) is 62.4 Å². The van der Waals surface area contributed by atoms with Gasteiger partial charge in [0.2, 0.25) is 0 Å². The minimum atomic E-state index is -0.173. The summed E-state index contributed by atoms with van der Waals surface area (Å²) in [6.45, 7) is 4.30. The smallest absolute Gasteiger partial charge is 0.0491 e. The third-order valence-electron chi connectivity index (χ3n) is 3.93. The molecular formula is C18H24N2. The van der Waals surface area contributed by atoms with Crippen LogP contribution in [0.4, 0.5) is 0 Å². The highest BCUT2D eigenvalue weighted by molar-refractivity contribution is 5.31. The van der Waals surface area contributed by atoms with Crippen molar-refractivity contribution in [1.29, 1.82) is 0 Å². The van der Waals surface area contributed by atoms with Crippen molar-refractivity contribution >= 4 is 0 Å². The molecule has 0 spiro atoms. The average Bonchev–Trinajstić information content (AvgIpc) is 2.53. The van der Waals surface area contributed by atoms with Crippen LogP contribution in [-0.4, -0.2) is 0 Å². The van der Waals surface area contributed by atoms with Gasteiger partial charge in [-0.2, -0.15) is 0 Å². The maximum atomic E-state index is 6.31. The van der Waals surface area contributed by atoms with Crippen LogP contribution >= 0.6 is 0 Å². The Labute approximate surface area is 121 Å². The Morgan fingerprint density at radius 2 is 0.950 bits per heavy atom. The molecule has 0 aromatic heterocycles. The quantitative estimate of drug-likeness (QED) is 0.872. The molecular weight excluding hydrogens is 244 g/mol. The van der Waals surface area contributed by atoms with Gasteiger partial charge < -0.3 is 11.5 Å². The van der Waals surface area contributed by atoms with Gasteiger partial charge in [-0.25, -0.2) is 0 Å². The molecule has 106 valence electrons. The Bertz CT molecular complexity index is 477. The van der Waals surface area contributed by atoms with Gasteiger partial charge in [-0.3, -0.25) is 0 Å². The normalized spacial score (nSPS) is 14.0. The fourth-order valence-electron chi connectivity index (χ4n) is 2.37. The van der Waals surface area contributed by atoms with E-state index in [2.05, 4.69) is 62.4 Å². The molecule has 2 atom stereocenters. The van der Waals surface area contributed by atoms with Crippen LogP contribution in [-0.2, 0) is 12.8 Å². The fourth-order valence-corrected chi connectivity index (χ4v) is 2.37. The van der Waals surface area contributed by atoms with Crippen LogP contribution in [0.2, 0.25) is 0 Å². The van der Waals surface area contributed by atoms with Gasteiger partial charge in [0, 0.05) is 12.1 Å². The lowest BCUT2D eigenvalue weighted by Gasteiger charge is -2.21. The van der Waals surface area contributed by atoms with Crippen LogP contribution in [0, 0.1) is 0 Å². The molecule has 0 saturated carbocycles. The number of aryl methyl sites for hydroxylation is 2. The van der Waals surface area contributed by atoms with Crippen molar-refractivity contribution in [1.82, 2.24) is 0 Å². The first-order chi connectivity index (χ1) is 9.65. The molecule has 2 nitrogen and oxygen atoms in total. The molecule has 0 bridgehead atoms. The number of benzene rings is 2. The second kappa shape index (κ2) is 6.69. The van der Waals surface area contributed by atoms with Crippen LogP contribution in [0.25, 0.3) is 0 Å². The molecule has 0 aliphatic carbocycles. The highest BCUT2D eigenvalue weighted by atomic mass is 14.8. The molecule has 4 N–H and O–H groups in total. The summed E-state index contributed by atoms with van der Waals surface area (Å²) in [5.41, 5.74) is 17.4. The SMILES string of the molecule is CCc1ccc(C(N)C(N)c2ccc(CC)cc2)cc1. The summed E-state index contributed by atoms with van der Waals surface area (Å²) in [4.78, 5) is 0. The van der Waals surface area contributed by atoms with Crippen molar-refractivity contribution in [3.8, 4) is 0 Å². The van der Waals surface area contributed by atoms with E-state index in [0.717, 1.165) is 24.0 Å². The van der Waals surface area contributed by atoms with Gasteiger partial charge in [0.25, 0.3) is 0 Å². The minimum Gasteiger partial charge on any atom is -0.322 e. The first kappa shape index (κ1) is 14.8. The lowest BCUT2D eigenvalue weighted by molar-refractivity contribution is 0.574. The summed E-state index contributed by atoms with van der Waals surface area (Å²) in [7, 11) is 0. The van der Waals surface area contributed by atoms with E-state index >= 15 is 0 Å². The second-order valence-corrected chi connectivity index (χ2v) is 5.24. The van der Waals surface area contributed by atoms with E-state index in [1.54, 1.807) is 0 Å². The van der Waals surface area contributed by atoms with E-state index in [1.807, 2.05) is 0 Å². The maximum absolute atomic E-state index is 6.31. The average molecular weight is 268 g/mol.